The molecule has 0 radical (unpaired) electrons. The van der Waals surface area contributed by atoms with E-state index in [9.17, 15) is 0 Å². The molecule has 104 valence electrons. The van der Waals surface area contributed by atoms with Gasteiger partial charge in [-0.15, -0.1) is 0 Å². The number of rotatable bonds is 3. The van der Waals surface area contributed by atoms with Crippen molar-refractivity contribution in [2.24, 2.45) is 0 Å². The SMILES string of the molecule is C[Si](C)(C)[Si](C)(C1C=CC=C1)C1C=Cc2ccccc21. The zero-order valence-corrected chi connectivity index (χ0v) is 14.9. The number of fused-ring (bicyclic) bond motifs is 1. The smallest absolute Gasteiger partial charge is 0.0678 e. The molecule has 0 nitrogen and oxygen atoms in total. The van der Waals surface area contributed by atoms with Crippen molar-refractivity contribution < 1.29 is 0 Å². The summed E-state index contributed by atoms with van der Waals surface area (Å²) in [6, 6.07) is 8.99. The predicted octanol–water partition coefficient (Wildman–Crippen LogP) is 5.33. The molecule has 2 atom stereocenters. The van der Waals surface area contributed by atoms with E-state index in [1.165, 1.54) is 5.56 Å². The van der Waals surface area contributed by atoms with Crippen molar-refractivity contribution in [3.63, 3.8) is 0 Å². The van der Waals surface area contributed by atoms with Crippen LogP contribution in [0.1, 0.15) is 16.7 Å². The third-order valence-electron chi connectivity index (χ3n) is 5.50. The Bertz CT molecular complexity index is 592. The molecule has 0 heterocycles. The van der Waals surface area contributed by atoms with Crippen molar-refractivity contribution >= 4 is 21.3 Å². The molecule has 0 amide bonds. The Hall–Kier alpha value is -1.13. The summed E-state index contributed by atoms with van der Waals surface area (Å²) in [5.74, 6) is 0. The van der Waals surface area contributed by atoms with Crippen LogP contribution in [0.4, 0.5) is 0 Å². The molecule has 0 aromatic heterocycles. The second-order valence-corrected chi connectivity index (χ2v) is 23.4. The first-order chi connectivity index (χ1) is 9.44. The minimum absolute atomic E-state index is 0.683. The summed E-state index contributed by atoms with van der Waals surface area (Å²) in [6.07, 6.45) is 14.3. The van der Waals surface area contributed by atoms with Crippen LogP contribution in [0, 0.1) is 0 Å². The van der Waals surface area contributed by atoms with Crippen molar-refractivity contribution in [2.75, 3.05) is 0 Å². The number of allylic oxidation sites excluding steroid dienone is 5. The molecule has 0 fully saturated rings. The fraction of sp³-hybridized carbons (Fsp3) is 0.333. The lowest BCUT2D eigenvalue weighted by atomic mass is 10.1. The van der Waals surface area contributed by atoms with Crippen molar-refractivity contribution in [2.45, 2.75) is 37.3 Å². The molecule has 2 aliphatic carbocycles. The van der Waals surface area contributed by atoms with Crippen LogP contribution < -0.4 is 0 Å². The monoisotopic (exact) mass is 296 g/mol. The number of hydrogen-bond donors (Lipinski definition) is 0. The molecule has 0 saturated carbocycles. The highest BCUT2D eigenvalue weighted by atomic mass is 29.3. The summed E-state index contributed by atoms with van der Waals surface area (Å²) in [5.41, 5.74) is 4.41. The summed E-state index contributed by atoms with van der Waals surface area (Å²) >= 11 is 0. The topological polar surface area (TPSA) is 0 Å². The lowest BCUT2D eigenvalue weighted by Crippen LogP contribution is -2.60. The molecule has 0 aliphatic heterocycles. The van der Waals surface area contributed by atoms with E-state index in [4.69, 9.17) is 0 Å². The molecule has 3 rings (SSSR count). The quantitative estimate of drug-likeness (QED) is 0.662. The van der Waals surface area contributed by atoms with Crippen LogP contribution in [0.5, 0.6) is 0 Å². The summed E-state index contributed by atoms with van der Waals surface area (Å²) in [5, 5.41) is 0. The first kappa shape index (κ1) is 13.8. The van der Waals surface area contributed by atoms with Gasteiger partial charge in [0.05, 0.1) is 7.59 Å². The second-order valence-electron chi connectivity index (χ2n) is 7.29. The third kappa shape index (κ3) is 1.94. The second kappa shape index (κ2) is 4.71. The maximum absolute atomic E-state index is 2.65. The average Bonchev–Trinajstić information content (AvgIpc) is 3.06. The van der Waals surface area contributed by atoms with Crippen molar-refractivity contribution in [3.8, 4) is 0 Å². The molecular weight excluding hydrogens is 272 g/mol. The maximum atomic E-state index is 2.65. The predicted molar refractivity (Wildman–Crippen MR) is 95.2 cm³/mol. The highest BCUT2D eigenvalue weighted by Gasteiger charge is 2.52. The zero-order chi connectivity index (χ0) is 14.4. The number of hydrogen-bond acceptors (Lipinski definition) is 0. The largest absolute Gasteiger partial charge is 0.0806 e. The van der Waals surface area contributed by atoms with Crippen molar-refractivity contribution in [1.82, 2.24) is 0 Å². The molecule has 1 aromatic carbocycles. The minimum atomic E-state index is -1.46. The lowest BCUT2D eigenvalue weighted by Gasteiger charge is -2.46. The highest BCUT2D eigenvalue weighted by molar-refractivity contribution is 7.42. The molecule has 2 heteroatoms. The van der Waals surface area contributed by atoms with E-state index in [1.807, 2.05) is 0 Å². The van der Waals surface area contributed by atoms with Crippen molar-refractivity contribution in [1.29, 1.82) is 0 Å². The average molecular weight is 297 g/mol. The Morgan fingerprint density at radius 3 is 2.15 bits per heavy atom. The minimum Gasteiger partial charge on any atom is -0.0806 e. The Morgan fingerprint density at radius 2 is 1.50 bits per heavy atom. The van der Waals surface area contributed by atoms with Gasteiger partial charge in [-0.25, -0.2) is 0 Å². The van der Waals surface area contributed by atoms with Gasteiger partial charge in [0, 0.05) is 7.59 Å². The Kier molecular flexibility index (Phi) is 3.26. The van der Waals surface area contributed by atoms with E-state index < -0.39 is 15.2 Å². The van der Waals surface area contributed by atoms with E-state index in [-0.39, 0.29) is 0 Å². The fourth-order valence-electron chi connectivity index (χ4n) is 3.78. The Labute approximate surface area is 124 Å². The summed E-state index contributed by atoms with van der Waals surface area (Å²) in [7, 11) is -2.68. The number of benzene rings is 1. The van der Waals surface area contributed by atoms with Crippen LogP contribution in [0.3, 0.4) is 0 Å². The fourth-order valence-corrected chi connectivity index (χ4v) is 15.7. The molecule has 0 N–H and O–H groups in total. The van der Waals surface area contributed by atoms with Gasteiger partial charge in [-0.05, 0) is 22.2 Å². The zero-order valence-electron chi connectivity index (χ0n) is 12.9. The first-order valence-electron chi connectivity index (χ1n) is 7.57. The van der Waals surface area contributed by atoms with Gasteiger partial charge in [-0.2, -0.15) is 0 Å². The standard InChI is InChI=1S/C18H24Si2/c1-19(2,3)20(4,16-10-6-7-11-16)18-14-13-15-9-5-8-12-17(15)18/h5-14,16,18H,1-4H3. The third-order valence-corrected chi connectivity index (χ3v) is 23.9. The van der Waals surface area contributed by atoms with Gasteiger partial charge >= 0.3 is 0 Å². The normalized spacial score (nSPS) is 24.1. The molecule has 1 aromatic rings. The van der Waals surface area contributed by atoms with Gasteiger partial charge in [0.25, 0.3) is 0 Å². The van der Waals surface area contributed by atoms with Crippen LogP contribution in [0.25, 0.3) is 6.08 Å². The van der Waals surface area contributed by atoms with Crippen LogP contribution in [0.2, 0.25) is 31.7 Å². The molecule has 2 unspecified atom stereocenters. The van der Waals surface area contributed by atoms with Gasteiger partial charge in [0.15, 0.2) is 0 Å². The molecule has 20 heavy (non-hydrogen) atoms. The summed E-state index contributed by atoms with van der Waals surface area (Å²) in [6.45, 7) is 10.4. The van der Waals surface area contributed by atoms with Crippen LogP contribution in [-0.4, -0.2) is 15.2 Å². The van der Waals surface area contributed by atoms with E-state index in [0.29, 0.717) is 11.1 Å². The maximum Gasteiger partial charge on any atom is 0.0678 e. The first-order valence-corrected chi connectivity index (χ1v) is 14.7. The molecule has 2 aliphatic rings. The van der Waals surface area contributed by atoms with Gasteiger partial charge in [-0.3, -0.25) is 0 Å². The van der Waals surface area contributed by atoms with Gasteiger partial charge in [0.2, 0.25) is 0 Å². The molecule has 0 bridgehead atoms. The van der Waals surface area contributed by atoms with E-state index in [2.05, 4.69) is 86.9 Å². The molecule has 0 spiro atoms. The molecular formula is C18H24Si2. The lowest BCUT2D eigenvalue weighted by molar-refractivity contribution is 1.12. The van der Waals surface area contributed by atoms with Crippen molar-refractivity contribution in [3.05, 3.63) is 65.8 Å². The van der Waals surface area contributed by atoms with E-state index in [1.54, 1.807) is 5.56 Å². The summed E-state index contributed by atoms with van der Waals surface area (Å²) in [4.78, 5) is 0. The highest BCUT2D eigenvalue weighted by Crippen LogP contribution is 2.48. The van der Waals surface area contributed by atoms with Crippen LogP contribution >= 0.6 is 0 Å². The van der Waals surface area contributed by atoms with E-state index in [0.717, 1.165) is 0 Å². The van der Waals surface area contributed by atoms with Gasteiger partial charge < -0.3 is 0 Å². The van der Waals surface area contributed by atoms with Gasteiger partial charge in [0.1, 0.15) is 0 Å². The van der Waals surface area contributed by atoms with Gasteiger partial charge in [-0.1, -0.05) is 86.9 Å². The summed E-state index contributed by atoms with van der Waals surface area (Å²) < 4.78 is 0. The molecule has 0 saturated heterocycles. The van der Waals surface area contributed by atoms with E-state index >= 15 is 0 Å². The Balaban J connectivity index is 2.11. The Morgan fingerprint density at radius 1 is 0.850 bits per heavy atom. The van der Waals surface area contributed by atoms with Crippen LogP contribution in [0.15, 0.2) is 54.6 Å². The van der Waals surface area contributed by atoms with Crippen LogP contribution in [-0.2, 0) is 0 Å².